The first kappa shape index (κ1) is 18.7. The first-order valence-corrected chi connectivity index (χ1v) is 9.41. The number of carbonyl (C=O) groups is 1. The summed E-state index contributed by atoms with van der Waals surface area (Å²) < 4.78 is 16.4. The molecular weight excluding hydrogens is 368 g/mol. The van der Waals surface area contributed by atoms with Gasteiger partial charge in [0.05, 0.1) is 0 Å². The molecule has 4 rings (SSSR count). The lowest BCUT2D eigenvalue weighted by atomic mass is 10.2. The maximum Gasteiger partial charge on any atom is 0.246 e. The second-order valence-electron chi connectivity index (χ2n) is 6.72. The molecule has 6 nitrogen and oxygen atoms in total. The highest BCUT2D eigenvalue weighted by Gasteiger charge is 2.17. The Bertz CT molecular complexity index is 974. The van der Waals surface area contributed by atoms with Gasteiger partial charge in [-0.25, -0.2) is 0 Å². The van der Waals surface area contributed by atoms with Crippen molar-refractivity contribution < 1.29 is 19.0 Å². The Morgan fingerprint density at radius 2 is 1.69 bits per heavy atom. The Labute approximate surface area is 169 Å². The fourth-order valence-corrected chi connectivity index (χ4v) is 2.93. The molecule has 29 heavy (non-hydrogen) atoms. The number of rotatable bonds is 7. The van der Waals surface area contributed by atoms with Crippen LogP contribution < -0.4 is 24.8 Å². The summed E-state index contributed by atoms with van der Waals surface area (Å²) in [6, 6.07) is 22.4. The third kappa shape index (κ3) is 4.79. The average Bonchev–Trinajstić information content (AvgIpc) is 3.22. The fraction of sp³-hybridized carbons (Fsp3) is 0.174. The molecule has 0 saturated carbocycles. The van der Waals surface area contributed by atoms with Gasteiger partial charge in [0.1, 0.15) is 18.4 Å². The van der Waals surface area contributed by atoms with Crippen LogP contribution in [-0.4, -0.2) is 18.7 Å². The molecule has 1 amide bonds. The maximum atomic E-state index is 12.5. The van der Waals surface area contributed by atoms with Crippen molar-refractivity contribution in [2.24, 2.45) is 0 Å². The normalized spacial score (nSPS) is 12.9. The molecule has 1 aliphatic heterocycles. The third-order valence-electron chi connectivity index (χ3n) is 4.52. The van der Waals surface area contributed by atoms with Crippen molar-refractivity contribution in [3.8, 4) is 17.2 Å². The van der Waals surface area contributed by atoms with Crippen LogP contribution in [0.4, 0.5) is 11.4 Å². The van der Waals surface area contributed by atoms with Crippen LogP contribution >= 0.6 is 0 Å². The third-order valence-corrected chi connectivity index (χ3v) is 4.52. The fourth-order valence-electron chi connectivity index (χ4n) is 2.93. The molecule has 2 N–H and O–H groups in total. The van der Waals surface area contributed by atoms with Crippen molar-refractivity contribution in [1.82, 2.24) is 0 Å². The van der Waals surface area contributed by atoms with Gasteiger partial charge in [-0.3, -0.25) is 4.79 Å². The lowest BCUT2D eigenvalue weighted by Crippen LogP contribution is -2.31. The highest BCUT2D eigenvalue weighted by Crippen LogP contribution is 2.34. The second kappa shape index (κ2) is 8.56. The summed E-state index contributed by atoms with van der Waals surface area (Å²) in [5.41, 5.74) is 2.61. The highest BCUT2D eigenvalue weighted by atomic mass is 16.7. The minimum absolute atomic E-state index is 0.138. The van der Waals surface area contributed by atoms with Gasteiger partial charge in [-0.15, -0.1) is 0 Å². The van der Waals surface area contributed by atoms with Crippen molar-refractivity contribution >= 4 is 17.3 Å². The number of hydrogen-bond donors (Lipinski definition) is 2. The SMILES string of the molecule is C[C@H](Nc1ccc2c(c1)OCO2)C(=O)Nc1ccc(OCc2ccccc2)cc1. The summed E-state index contributed by atoms with van der Waals surface area (Å²) in [7, 11) is 0. The standard InChI is InChI=1S/C23H22N2O4/c1-16(24-19-9-12-21-22(13-19)29-15-28-21)23(26)25-18-7-10-20(11-8-18)27-14-17-5-3-2-4-6-17/h2-13,16,24H,14-15H2,1H3,(H,25,26)/t16-/m0/s1. The molecule has 6 heteroatoms. The van der Waals surface area contributed by atoms with Crippen molar-refractivity contribution in [1.29, 1.82) is 0 Å². The number of nitrogens with one attached hydrogen (secondary N) is 2. The Morgan fingerprint density at radius 3 is 2.48 bits per heavy atom. The van der Waals surface area contributed by atoms with E-state index in [1.807, 2.05) is 72.8 Å². The summed E-state index contributed by atoms with van der Waals surface area (Å²) >= 11 is 0. The molecule has 1 aliphatic rings. The van der Waals surface area contributed by atoms with E-state index in [1.54, 1.807) is 6.92 Å². The molecule has 0 fully saturated rings. The smallest absolute Gasteiger partial charge is 0.246 e. The molecular formula is C23H22N2O4. The van der Waals surface area contributed by atoms with Crippen molar-refractivity contribution in [3.05, 3.63) is 78.4 Å². The Balaban J connectivity index is 1.29. The summed E-state index contributed by atoms with van der Waals surface area (Å²) in [5.74, 6) is 2.00. The van der Waals surface area contributed by atoms with E-state index in [0.29, 0.717) is 23.8 Å². The lowest BCUT2D eigenvalue weighted by molar-refractivity contribution is -0.116. The number of amides is 1. The van der Waals surface area contributed by atoms with Crippen LogP contribution in [0.15, 0.2) is 72.8 Å². The molecule has 1 atom stereocenters. The molecule has 0 spiro atoms. The van der Waals surface area contributed by atoms with Gasteiger partial charge in [0.15, 0.2) is 11.5 Å². The summed E-state index contributed by atoms with van der Waals surface area (Å²) in [4.78, 5) is 12.5. The van der Waals surface area contributed by atoms with E-state index in [0.717, 1.165) is 17.0 Å². The number of fused-ring (bicyclic) bond motifs is 1. The van der Waals surface area contributed by atoms with Crippen LogP contribution in [0.5, 0.6) is 17.2 Å². The summed E-state index contributed by atoms with van der Waals surface area (Å²) in [6.45, 7) is 2.53. The molecule has 148 valence electrons. The Hall–Kier alpha value is -3.67. The lowest BCUT2D eigenvalue weighted by Gasteiger charge is -2.16. The van der Waals surface area contributed by atoms with Gasteiger partial charge in [-0.2, -0.15) is 0 Å². The summed E-state index contributed by atoms with van der Waals surface area (Å²) in [5, 5.41) is 6.07. The number of carbonyl (C=O) groups excluding carboxylic acids is 1. The van der Waals surface area contributed by atoms with E-state index in [1.165, 1.54) is 0 Å². The zero-order valence-corrected chi connectivity index (χ0v) is 16.1. The molecule has 0 aromatic heterocycles. The van der Waals surface area contributed by atoms with E-state index in [2.05, 4.69) is 10.6 Å². The predicted octanol–water partition coefficient (Wildman–Crippen LogP) is 4.43. The molecule has 0 bridgehead atoms. The van der Waals surface area contributed by atoms with Gasteiger partial charge < -0.3 is 24.8 Å². The van der Waals surface area contributed by atoms with Crippen LogP contribution in [0.25, 0.3) is 0 Å². The van der Waals surface area contributed by atoms with Crippen molar-refractivity contribution in [3.63, 3.8) is 0 Å². The number of ether oxygens (including phenoxy) is 3. The Morgan fingerprint density at radius 1 is 0.966 bits per heavy atom. The van der Waals surface area contributed by atoms with Gasteiger partial charge in [0, 0.05) is 17.4 Å². The monoisotopic (exact) mass is 390 g/mol. The number of anilines is 2. The largest absolute Gasteiger partial charge is 0.489 e. The van der Waals surface area contributed by atoms with Crippen molar-refractivity contribution in [2.45, 2.75) is 19.6 Å². The molecule has 0 saturated heterocycles. The molecule has 1 heterocycles. The first-order valence-electron chi connectivity index (χ1n) is 9.41. The van der Waals surface area contributed by atoms with Crippen LogP contribution in [0.3, 0.4) is 0 Å². The zero-order valence-electron chi connectivity index (χ0n) is 16.1. The minimum Gasteiger partial charge on any atom is -0.489 e. The van der Waals surface area contributed by atoms with Crippen LogP contribution in [0.1, 0.15) is 12.5 Å². The Kier molecular flexibility index (Phi) is 5.52. The second-order valence-corrected chi connectivity index (χ2v) is 6.72. The number of hydrogen-bond acceptors (Lipinski definition) is 5. The van der Waals surface area contributed by atoms with E-state index in [9.17, 15) is 4.79 Å². The van der Waals surface area contributed by atoms with E-state index < -0.39 is 6.04 Å². The summed E-state index contributed by atoms with van der Waals surface area (Å²) in [6.07, 6.45) is 0. The van der Waals surface area contributed by atoms with Gasteiger partial charge in [-0.1, -0.05) is 30.3 Å². The van der Waals surface area contributed by atoms with E-state index >= 15 is 0 Å². The van der Waals surface area contributed by atoms with Gasteiger partial charge in [0.25, 0.3) is 0 Å². The van der Waals surface area contributed by atoms with Crippen LogP contribution in [0.2, 0.25) is 0 Å². The van der Waals surface area contributed by atoms with Gasteiger partial charge in [0.2, 0.25) is 12.7 Å². The topological polar surface area (TPSA) is 68.8 Å². The molecule has 0 unspecified atom stereocenters. The molecule has 3 aromatic rings. The molecule has 0 aliphatic carbocycles. The van der Waals surface area contributed by atoms with Crippen molar-refractivity contribution in [2.75, 3.05) is 17.4 Å². The van der Waals surface area contributed by atoms with E-state index in [-0.39, 0.29) is 12.7 Å². The predicted molar refractivity (Wildman–Crippen MR) is 111 cm³/mol. The quantitative estimate of drug-likeness (QED) is 0.624. The maximum absolute atomic E-state index is 12.5. The average molecular weight is 390 g/mol. The van der Waals surface area contributed by atoms with Gasteiger partial charge in [-0.05, 0) is 48.9 Å². The highest BCUT2D eigenvalue weighted by molar-refractivity contribution is 5.96. The van der Waals surface area contributed by atoms with E-state index in [4.69, 9.17) is 14.2 Å². The van der Waals surface area contributed by atoms with Gasteiger partial charge >= 0.3 is 0 Å². The van der Waals surface area contributed by atoms with Crippen LogP contribution in [-0.2, 0) is 11.4 Å². The zero-order chi connectivity index (χ0) is 20.1. The molecule has 0 radical (unpaired) electrons. The van der Waals surface area contributed by atoms with Crippen LogP contribution in [0, 0.1) is 0 Å². The minimum atomic E-state index is -0.427. The number of benzene rings is 3. The molecule has 3 aromatic carbocycles. The first-order chi connectivity index (χ1) is 14.2.